The van der Waals surface area contributed by atoms with Crippen LogP contribution in [0.25, 0.3) is 11.3 Å². The third kappa shape index (κ3) is 1.64. The quantitative estimate of drug-likeness (QED) is 0.734. The van der Waals surface area contributed by atoms with E-state index in [0.29, 0.717) is 11.3 Å². The Hall–Kier alpha value is -2.03. The van der Waals surface area contributed by atoms with Gasteiger partial charge in [-0.2, -0.15) is 0 Å². The molecule has 0 amide bonds. The minimum absolute atomic E-state index is 0.0219. The number of H-pyrrole nitrogens is 1. The number of rotatable bonds is 2. The summed E-state index contributed by atoms with van der Waals surface area (Å²) in [5.74, 6) is -0.125. The van der Waals surface area contributed by atoms with Gasteiger partial charge < -0.3 is 10.1 Å². The predicted octanol–water partition coefficient (Wildman–Crippen LogP) is 2.59. The fraction of sp³-hybridized carbons (Fsp3) is 0.0833. The fourth-order valence-electron chi connectivity index (χ4n) is 1.51. The van der Waals surface area contributed by atoms with E-state index in [9.17, 15) is 9.90 Å². The first-order chi connectivity index (χ1) is 7.20. The molecule has 15 heavy (non-hydrogen) atoms. The molecule has 1 aromatic heterocycles. The van der Waals surface area contributed by atoms with E-state index in [1.807, 2.05) is 30.3 Å². The molecule has 0 saturated heterocycles. The first-order valence-electron chi connectivity index (χ1n) is 4.67. The normalized spacial score (nSPS) is 10.2. The highest BCUT2D eigenvalue weighted by atomic mass is 16.3. The number of Topliss-reactive ketones (excluding diaryl/α,β-unsaturated/α-hetero) is 1. The highest BCUT2D eigenvalue weighted by Crippen LogP contribution is 2.31. The number of carbonyl (C=O) groups is 1. The van der Waals surface area contributed by atoms with E-state index in [4.69, 9.17) is 0 Å². The van der Waals surface area contributed by atoms with Crippen LogP contribution in [0.2, 0.25) is 0 Å². The maximum atomic E-state index is 11.1. The van der Waals surface area contributed by atoms with Gasteiger partial charge in [-0.05, 0) is 6.92 Å². The maximum absolute atomic E-state index is 11.1. The van der Waals surface area contributed by atoms with Gasteiger partial charge in [0.05, 0.1) is 11.3 Å². The van der Waals surface area contributed by atoms with E-state index in [1.54, 1.807) is 0 Å². The van der Waals surface area contributed by atoms with Crippen LogP contribution in [0.15, 0.2) is 36.5 Å². The summed E-state index contributed by atoms with van der Waals surface area (Å²) in [7, 11) is 0. The van der Waals surface area contributed by atoms with Crippen molar-refractivity contribution in [2.24, 2.45) is 0 Å². The Morgan fingerprint density at radius 3 is 2.47 bits per heavy atom. The zero-order valence-electron chi connectivity index (χ0n) is 8.32. The summed E-state index contributed by atoms with van der Waals surface area (Å²) >= 11 is 0. The van der Waals surface area contributed by atoms with Crippen molar-refractivity contribution in [3.05, 3.63) is 42.1 Å². The number of aromatic nitrogens is 1. The molecule has 0 unspecified atom stereocenters. The van der Waals surface area contributed by atoms with Gasteiger partial charge >= 0.3 is 0 Å². The molecular formula is C12H11NO2. The molecule has 3 heteroatoms. The van der Waals surface area contributed by atoms with Crippen LogP contribution in [0.5, 0.6) is 5.75 Å². The lowest BCUT2D eigenvalue weighted by atomic mass is 10.1. The van der Waals surface area contributed by atoms with E-state index < -0.39 is 0 Å². The molecule has 0 fully saturated rings. The van der Waals surface area contributed by atoms with Crippen molar-refractivity contribution in [2.75, 3.05) is 0 Å². The number of benzene rings is 1. The Kier molecular flexibility index (Phi) is 2.29. The molecule has 0 aliphatic carbocycles. The molecule has 3 nitrogen and oxygen atoms in total. The van der Waals surface area contributed by atoms with Crippen molar-refractivity contribution in [3.63, 3.8) is 0 Å². The fourth-order valence-corrected chi connectivity index (χ4v) is 1.51. The lowest BCUT2D eigenvalue weighted by Gasteiger charge is -1.99. The Morgan fingerprint density at radius 2 is 1.93 bits per heavy atom. The first kappa shape index (κ1) is 9.52. The van der Waals surface area contributed by atoms with Crippen molar-refractivity contribution >= 4 is 5.78 Å². The molecule has 2 rings (SSSR count). The molecule has 0 atom stereocenters. The Balaban J connectivity index is 2.52. The molecule has 0 aliphatic heterocycles. The highest BCUT2D eigenvalue weighted by molar-refractivity contribution is 5.98. The summed E-state index contributed by atoms with van der Waals surface area (Å²) < 4.78 is 0. The summed E-state index contributed by atoms with van der Waals surface area (Å²) in [5.41, 5.74) is 1.78. The minimum Gasteiger partial charge on any atom is -0.505 e. The third-order valence-electron chi connectivity index (χ3n) is 2.29. The van der Waals surface area contributed by atoms with Crippen LogP contribution in [0.4, 0.5) is 0 Å². The average Bonchev–Trinajstić information content (AvgIpc) is 2.61. The smallest absolute Gasteiger partial charge is 0.165 e. The summed E-state index contributed by atoms with van der Waals surface area (Å²) in [6, 6.07) is 9.40. The number of aromatic hydroxyl groups is 1. The Morgan fingerprint density at radius 1 is 1.27 bits per heavy atom. The van der Waals surface area contributed by atoms with Crippen LogP contribution in [-0.2, 0) is 0 Å². The average molecular weight is 201 g/mol. The number of carbonyl (C=O) groups excluding carboxylic acids is 1. The molecule has 0 aliphatic rings. The molecule has 1 aromatic carbocycles. The molecular weight excluding hydrogens is 190 g/mol. The summed E-state index contributed by atoms with van der Waals surface area (Å²) in [6.07, 6.45) is 1.53. The second kappa shape index (κ2) is 3.61. The van der Waals surface area contributed by atoms with Crippen molar-refractivity contribution in [1.29, 1.82) is 0 Å². The van der Waals surface area contributed by atoms with Crippen molar-refractivity contribution in [2.45, 2.75) is 6.92 Å². The van der Waals surface area contributed by atoms with Gasteiger partial charge in [-0.25, -0.2) is 0 Å². The first-order valence-corrected chi connectivity index (χ1v) is 4.67. The van der Waals surface area contributed by atoms with Crippen LogP contribution in [0.1, 0.15) is 17.3 Å². The van der Waals surface area contributed by atoms with Crippen LogP contribution in [0, 0.1) is 0 Å². The van der Waals surface area contributed by atoms with E-state index in [0.717, 1.165) is 5.56 Å². The largest absolute Gasteiger partial charge is 0.505 e. The van der Waals surface area contributed by atoms with Crippen LogP contribution in [-0.4, -0.2) is 15.9 Å². The van der Waals surface area contributed by atoms with Gasteiger partial charge in [-0.15, -0.1) is 0 Å². The van der Waals surface area contributed by atoms with Crippen molar-refractivity contribution < 1.29 is 9.90 Å². The monoisotopic (exact) mass is 201 g/mol. The zero-order valence-corrected chi connectivity index (χ0v) is 8.32. The predicted molar refractivity (Wildman–Crippen MR) is 57.9 cm³/mol. The molecule has 2 N–H and O–H groups in total. The molecule has 0 radical (unpaired) electrons. The second-order valence-electron chi connectivity index (χ2n) is 3.35. The van der Waals surface area contributed by atoms with Gasteiger partial charge in [0.25, 0.3) is 0 Å². The van der Waals surface area contributed by atoms with Crippen LogP contribution >= 0.6 is 0 Å². The number of hydrogen-bond acceptors (Lipinski definition) is 2. The van der Waals surface area contributed by atoms with E-state index in [-0.39, 0.29) is 11.5 Å². The Bertz CT molecular complexity index is 486. The number of hydrogen-bond donors (Lipinski definition) is 2. The van der Waals surface area contributed by atoms with Crippen LogP contribution in [0.3, 0.4) is 0 Å². The van der Waals surface area contributed by atoms with Gasteiger partial charge in [0.15, 0.2) is 11.5 Å². The lowest BCUT2D eigenvalue weighted by Crippen LogP contribution is -1.88. The maximum Gasteiger partial charge on any atom is 0.165 e. The lowest BCUT2D eigenvalue weighted by molar-refractivity contribution is 0.101. The molecule has 0 bridgehead atoms. The van der Waals surface area contributed by atoms with Crippen molar-refractivity contribution in [3.8, 4) is 17.0 Å². The molecule has 0 spiro atoms. The molecule has 0 saturated carbocycles. The van der Waals surface area contributed by atoms with Crippen LogP contribution < -0.4 is 0 Å². The molecule has 76 valence electrons. The number of ketones is 1. The number of nitrogens with one attached hydrogen (secondary N) is 1. The molecule has 1 heterocycles. The second-order valence-corrected chi connectivity index (χ2v) is 3.35. The molecule has 2 aromatic rings. The summed E-state index contributed by atoms with van der Waals surface area (Å²) in [4.78, 5) is 14.0. The van der Waals surface area contributed by atoms with Gasteiger partial charge in [0, 0.05) is 11.8 Å². The van der Waals surface area contributed by atoms with Gasteiger partial charge in [-0.1, -0.05) is 30.3 Å². The summed E-state index contributed by atoms with van der Waals surface area (Å²) in [5, 5.41) is 9.80. The van der Waals surface area contributed by atoms with E-state index in [2.05, 4.69) is 4.98 Å². The van der Waals surface area contributed by atoms with E-state index in [1.165, 1.54) is 13.1 Å². The Labute approximate surface area is 87.4 Å². The van der Waals surface area contributed by atoms with Gasteiger partial charge in [-0.3, -0.25) is 4.79 Å². The number of aromatic amines is 1. The van der Waals surface area contributed by atoms with Gasteiger partial charge in [0.2, 0.25) is 0 Å². The van der Waals surface area contributed by atoms with Gasteiger partial charge in [0.1, 0.15) is 0 Å². The summed E-state index contributed by atoms with van der Waals surface area (Å²) in [6.45, 7) is 1.43. The van der Waals surface area contributed by atoms with E-state index >= 15 is 0 Å². The SMILES string of the molecule is CC(=O)c1c[nH]c(-c2ccccc2)c1O. The highest BCUT2D eigenvalue weighted by Gasteiger charge is 2.14. The van der Waals surface area contributed by atoms with Crippen molar-refractivity contribution in [1.82, 2.24) is 4.98 Å². The zero-order chi connectivity index (χ0) is 10.8. The standard InChI is InChI=1S/C12H11NO2/c1-8(14)10-7-13-11(12(10)15)9-5-3-2-4-6-9/h2-7,13,15H,1H3. The topological polar surface area (TPSA) is 53.1 Å². The third-order valence-corrected chi connectivity index (χ3v) is 2.29. The minimum atomic E-state index is -0.147.